The molecule has 1 aliphatic rings. The van der Waals surface area contributed by atoms with E-state index in [0.29, 0.717) is 17.3 Å². The summed E-state index contributed by atoms with van der Waals surface area (Å²) in [4.78, 5) is 23.9. The molecule has 0 saturated carbocycles. The Morgan fingerprint density at radius 2 is 2.08 bits per heavy atom. The number of carbonyl (C=O) groups excluding carboxylic acids is 1. The molecule has 4 rings (SSSR count). The van der Waals surface area contributed by atoms with E-state index in [4.69, 9.17) is 4.42 Å². The Morgan fingerprint density at radius 3 is 2.72 bits per heavy atom. The van der Waals surface area contributed by atoms with Crippen molar-refractivity contribution < 1.29 is 13.6 Å². The molecule has 1 saturated heterocycles. The van der Waals surface area contributed by atoms with Gasteiger partial charge in [0.2, 0.25) is 11.7 Å². The maximum atomic E-state index is 13.2. The van der Waals surface area contributed by atoms with Gasteiger partial charge in [-0.05, 0) is 17.7 Å². The van der Waals surface area contributed by atoms with Crippen molar-refractivity contribution in [2.75, 3.05) is 13.1 Å². The molecule has 3 N–H and O–H groups in total. The molecule has 8 heteroatoms. The molecule has 3 aromatic rings. The van der Waals surface area contributed by atoms with Gasteiger partial charge in [0.15, 0.2) is 0 Å². The van der Waals surface area contributed by atoms with Gasteiger partial charge in [0.1, 0.15) is 17.7 Å². The minimum atomic E-state index is -0.554. The lowest BCUT2D eigenvalue weighted by molar-refractivity contribution is 0.0910. The lowest BCUT2D eigenvalue weighted by Gasteiger charge is -2.23. The predicted octanol–water partition coefficient (Wildman–Crippen LogP) is 1.74. The van der Waals surface area contributed by atoms with Crippen molar-refractivity contribution in [1.82, 2.24) is 25.6 Å². The molecule has 25 heavy (non-hydrogen) atoms. The summed E-state index contributed by atoms with van der Waals surface area (Å²) in [5, 5.41) is 5.99. The van der Waals surface area contributed by atoms with E-state index in [1.54, 1.807) is 24.5 Å². The Hall–Kier alpha value is -3.00. The summed E-state index contributed by atoms with van der Waals surface area (Å²) < 4.78 is 18.8. The van der Waals surface area contributed by atoms with Crippen LogP contribution in [-0.2, 0) is 0 Å². The maximum absolute atomic E-state index is 13.2. The standard InChI is InChI=1S/C17H16FN5O2/c18-12-3-1-10(2-4-12)14(15-20-5-6-21-15)23-16(24)13-9-22-17(25-13)11-7-19-8-11/h1-6,9,11,14,19H,7-8H2,(H,20,21)(H,23,24). The molecular formula is C17H16FN5O2. The molecule has 1 amide bonds. The van der Waals surface area contributed by atoms with Crippen LogP contribution in [0.1, 0.15) is 39.8 Å². The first kappa shape index (κ1) is 15.5. The summed E-state index contributed by atoms with van der Waals surface area (Å²) in [6, 6.07) is 5.34. The van der Waals surface area contributed by atoms with Crippen molar-refractivity contribution >= 4 is 5.91 Å². The number of rotatable bonds is 5. The van der Waals surface area contributed by atoms with Crippen LogP contribution >= 0.6 is 0 Å². The molecule has 2 aromatic heterocycles. The number of carbonyl (C=O) groups is 1. The van der Waals surface area contributed by atoms with E-state index in [-0.39, 0.29) is 17.5 Å². The number of aromatic nitrogens is 3. The second kappa shape index (κ2) is 6.48. The van der Waals surface area contributed by atoms with Gasteiger partial charge in [0.05, 0.1) is 12.1 Å². The number of benzene rings is 1. The zero-order valence-corrected chi connectivity index (χ0v) is 13.2. The highest BCUT2D eigenvalue weighted by molar-refractivity contribution is 5.91. The topological polar surface area (TPSA) is 95.8 Å². The first-order valence-electron chi connectivity index (χ1n) is 7.93. The Labute approximate surface area is 142 Å². The molecule has 1 aromatic carbocycles. The number of imidazole rings is 1. The molecule has 1 unspecified atom stereocenters. The average Bonchev–Trinajstić information content (AvgIpc) is 3.24. The van der Waals surface area contributed by atoms with Crippen LogP contribution in [0.15, 0.2) is 47.3 Å². The molecule has 0 bridgehead atoms. The van der Waals surface area contributed by atoms with Gasteiger partial charge in [-0.3, -0.25) is 4.79 Å². The van der Waals surface area contributed by atoms with Crippen molar-refractivity contribution in [1.29, 1.82) is 0 Å². The van der Waals surface area contributed by atoms with Gasteiger partial charge in [0, 0.05) is 25.5 Å². The van der Waals surface area contributed by atoms with Crippen LogP contribution in [0.25, 0.3) is 0 Å². The number of aromatic amines is 1. The molecule has 1 fully saturated rings. The number of hydrogen-bond acceptors (Lipinski definition) is 5. The van der Waals surface area contributed by atoms with E-state index < -0.39 is 11.9 Å². The van der Waals surface area contributed by atoms with Crippen LogP contribution in [0, 0.1) is 5.82 Å². The summed E-state index contributed by atoms with van der Waals surface area (Å²) in [7, 11) is 0. The lowest BCUT2D eigenvalue weighted by Crippen LogP contribution is -2.40. The fraction of sp³-hybridized carbons (Fsp3) is 0.235. The minimum Gasteiger partial charge on any atom is -0.435 e. The van der Waals surface area contributed by atoms with Gasteiger partial charge in [-0.1, -0.05) is 12.1 Å². The van der Waals surface area contributed by atoms with Gasteiger partial charge in [0.25, 0.3) is 5.91 Å². The lowest BCUT2D eigenvalue weighted by atomic mass is 10.0. The van der Waals surface area contributed by atoms with Gasteiger partial charge in [-0.2, -0.15) is 0 Å². The van der Waals surface area contributed by atoms with Crippen LogP contribution < -0.4 is 10.6 Å². The first-order valence-corrected chi connectivity index (χ1v) is 7.93. The van der Waals surface area contributed by atoms with E-state index in [1.807, 2.05) is 0 Å². The third-order valence-electron chi connectivity index (χ3n) is 4.15. The largest absolute Gasteiger partial charge is 0.435 e. The van der Waals surface area contributed by atoms with Gasteiger partial charge in [-0.15, -0.1) is 0 Å². The molecule has 3 heterocycles. The highest BCUT2D eigenvalue weighted by Gasteiger charge is 2.26. The van der Waals surface area contributed by atoms with E-state index in [9.17, 15) is 9.18 Å². The molecule has 0 spiro atoms. The normalized spacial score (nSPS) is 15.6. The number of hydrogen-bond donors (Lipinski definition) is 3. The van der Waals surface area contributed by atoms with Crippen LogP contribution in [0.3, 0.4) is 0 Å². The quantitative estimate of drug-likeness (QED) is 0.657. The highest BCUT2D eigenvalue weighted by atomic mass is 19.1. The second-order valence-electron chi connectivity index (χ2n) is 5.85. The Balaban J connectivity index is 1.56. The summed E-state index contributed by atoms with van der Waals surface area (Å²) in [6.07, 6.45) is 4.68. The number of H-pyrrole nitrogens is 1. The Morgan fingerprint density at radius 1 is 1.28 bits per heavy atom. The molecule has 1 atom stereocenters. The number of nitrogens with zero attached hydrogens (tertiary/aromatic N) is 2. The fourth-order valence-electron chi connectivity index (χ4n) is 2.65. The number of halogens is 1. The van der Waals surface area contributed by atoms with E-state index in [2.05, 4.69) is 25.6 Å². The van der Waals surface area contributed by atoms with E-state index >= 15 is 0 Å². The molecule has 7 nitrogen and oxygen atoms in total. The summed E-state index contributed by atoms with van der Waals surface area (Å²) in [5.41, 5.74) is 0.702. The van der Waals surface area contributed by atoms with E-state index in [1.165, 1.54) is 18.3 Å². The number of nitrogens with one attached hydrogen (secondary N) is 3. The summed E-state index contributed by atoms with van der Waals surface area (Å²) in [6.45, 7) is 1.60. The Bertz CT molecular complexity index is 856. The van der Waals surface area contributed by atoms with Crippen LogP contribution in [0.4, 0.5) is 4.39 Å². The van der Waals surface area contributed by atoms with Gasteiger partial charge in [-0.25, -0.2) is 14.4 Å². The highest BCUT2D eigenvalue weighted by Crippen LogP contribution is 2.22. The molecule has 0 radical (unpaired) electrons. The predicted molar refractivity (Wildman–Crippen MR) is 86.4 cm³/mol. The summed E-state index contributed by atoms with van der Waals surface area (Å²) in [5.74, 6) is 0.697. The SMILES string of the molecule is O=C(NC(c1ccc(F)cc1)c1ncc[nH]1)c1cnc(C2CNC2)o1. The molecule has 128 valence electrons. The Kier molecular flexibility index (Phi) is 4.02. The second-order valence-corrected chi connectivity index (χ2v) is 5.85. The zero-order valence-electron chi connectivity index (χ0n) is 13.2. The van der Waals surface area contributed by atoms with Crippen molar-refractivity contribution in [2.24, 2.45) is 0 Å². The smallest absolute Gasteiger partial charge is 0.289 e. The molecule has 0 aliphatic carbocycles. The van der Waals surface area contributed by atoms with Crippen molar-refractivity contribution in [3.05, 3.63) is 71.7 Å². The fourth-order valence-corrected chi connectivity index (χ4v) is 2.65. The number of amides is 1. The number of oxazole rings is 1. The average molecular weight is 341 g/mol. The van der Waals surface area contributed by atoms with E-state index in [0.717, 1.165) is 13.1 Å². The molecule has 1 aliphatic heterocycles. The maximum Gasteiger partial charge on any atom is 0.289 e. The zero-order chi connectivity index (χ0) is 17.2. The van der Waals surface area contributed by atoms with Gasteiger partial charge < -0.3 is 20.0 Å². The first-order chi connectivity index (χ1) is 12.2. The van der Waals surface area contributed by atoms with Crippen molar-refractivity contribution in [2.45, 2.75) is 12.0 Å². The van der Waals surface area contributed by atoms with Gasteiger partial charge >= 0.3 is 0 Å². The van der Waals surface area contributed by atoms with Crippen LogP contribution in [0.2, 0.25) is 0 Å². The minimum absolute atomic E-state index is 0.139. The van der Waals surface area contributed by atoms with Crippen LogP contribution in [-0.4, -0.2) is 33.9 Å². The monoisotopic (exact) mass is 341 g/mol. The molecular weight excluding hydrogens is 325 g/mol. The third-order valence-corrected chi connectivity index (χ3v) is 4.15. The summed E-state index contributed by atoms with van der Waals surface area (Å²) >= 11 is 0. The van der Waals surface area contributed by atoms with Crippen molar-refractivity contribution in [3.63, 3.8) is 0 Å². The van der Waals surface area contributed by atoms with Crippen molar-refractivity contribution in [3.8, 4) is 0 Å². The third kappa shape index (κ3) is 3.16. The van der Waals surface area contributed by atoms with Crippen LogP contribution in [0.5, 0.6) is 0 Å².